The van der Waals surface area contributed by atoms with Gasteiger partial charge in [-0.15, -0.1) is 0 Å². The van der Waals surface area contributed by atoms with Crippen molar-refractivity contribution in [1.82, 2.24) is 0 Å². The van der Waals surface area contributed by atoms with Gasteiger partial charge in [0.25, 0.3) is 0 Å². The fraction of sp³-hybridized carbons (Fsp3) is 0.211. The van der Waals surface area contributed by atoms with Crippen LogP contribution in [0.2, 0.25) is 5.02 Å². The van der Waals surface area contributed by atoms with E-state index in [1.54, 1.807) is 19.1 Å². The maximum atomic E-state index is 12.1. The van der Waals surface area contributed by atoms with E-state index in [2.05, 4.69) is 0 Å². The molecule has 3 nitrogen and oxygen atoms in total. The number of esters is 1. The molecule has 2 aromatic rings. The molecule has 1 atom stereocenters. The smallest absolute Gasteiger partial charge is 0.339 e. The van der Waals surface area contributed by atoms with Crippen LogP contribution in [0.15, 0.2) is 60.7 Å². The van der Waals surface area contributed by atoms with E-state index in [4.69, 9.17) is 21.1 Å². The molecule has 0 aliphatic carbocycles. The van der Waals surface area contributed by atoms with E-state index >= 15 is 0 Å². The summed E-state index contributed by atoms with van der Waals surface area (Å²) in [6.45, 7) is 2.34. The molecule has 0 bridgehead atoms. The molecule has 1 unspecified atom stereocenters. The SMILES string of the molecule is CCOC(=O)C(OC/C=C/c1ccccc1)c1ccccc1Cl. The Morgan fingerprint density at radius 2 is 1.83 bits per heavy atom. The van der Waals surface area contributed by atoms with Crippen molar-refractivity contribution < 1.29 is 14.3 Å². The van der Waals surface area contributed by atoms with Gasteiger partial charge in [0.2, 0.25) is 0 Å². The number of ether oxygens (including phenoxy) is 2. The highest BCUT2D eigenvalue weighted by molar-refractivity contribution is 6.31. The van der Waals surface area contributed by atoms with Crippen molar-refractivity contribution >= 4 is 23.6 Å². The first-order chi connectivity index (χ1) is 11.2. The minimum Gasteiger partial charge on any atom is -0.464 e. The molecular weight excluding hydrogens is 312 g/mol. The molecule has 0 N–H and O–H groups in total. The van der Waals surface area contributed by atoms with E-state index in [9.17, 15) is 4.79 Å². The first-order valence-corrected chi connectivity index (χ1v) is 7.84. The number of halogens is 1. The van der Waals surface area contributed by atoms with Gasteiger partial charge in [-0.3, -0.25) is 0 Å². The first kappa shape index (κ1) is 17.3. The van der Waals surface area contributed by atoms with Crippen molar-refractivity contribution in [2.24, 2.45) is 0 Å². The largest absolute Gasteiger partial charge is 0.464 e. The molecule has 0 saturated carbocycles. The second-order valence-corrected chi connectivity index (χ2v) is 5.21. The number of rotatable bonds is 7. The molecule has 2 aromatic carbocycles. The fourth-order valence-electron chi connectivity index (χ4n) is 2.09. The molecule has 4 heteroatoms. The second-order valence-electron chi connectivity index (χ2n) is 4.80. The van der Waals surface area contributed by atoms with Crippen molar-refractivity contribution in [3.63, 3.8) is 0 Å². The standard InChI is InChI=1S/C19H19ClO3/c1-2-22-19(21)18(16-12-6-7-13-17(16)20)23-14-8-11-15-9-4-3-5-10-15/h3-13,18H,2,14H2,1H3/b11-8+. The monoisotopic (exact) mass is 330 g/mol. The summed E-state index contributed by atoms with van der Waals surface area (Å²) in [5.74, 6) is -0.436. The molecule has 0 saturated heterocycles. The molecule has 0 aliphatic rings. The predicted octanol–water partition coefficient (Wildman–Crippen LogP) is 4.67. The van der Waals surface area contributed by atoms with Gasteiger partial charge in [-0.25, -0.2) is 4.79 Å². The number of benzene rings is 2. The Labute approximate surface area is 141 Å². The van der Waals surface area contributed by atoms with E-state index in [-0.39, 0.29) is 6.61 Å². The summed E-state index contributed by atoms with van der Waals surface area (Å²) in [4.78, 5) is 12.1. The average molecular weight is 331 g/mol. The zero-order chi connectivity index (χ0) is 16.5. The minimum absolute atomic E-state index is 0.281. The van der Waals surface area contributed by atoms with E-state index in [0.29, 0.717) is 17.2 Å². The lowest BCUT2D eigenvalue weighted by Crippen LogP contribution is -2.19. The van der Waals surface area contributed by atoms with Gasteiger partial charge in [0.05, 0.1) is 13.2 Å². The van der Waals surface area contributed by atoms with Crippen LogP contribution >= 0.6 is 11.6 Å². The molecule has 0 fully saturated rings. The fourth-order valence-corrected chi connectivity index (χ4v) is 2.33. The Bertz CT molecular complexity index is 653. The Morgan fingerprint density at radius 3 is 2.52 bits per heavy atom. The van der Waals surface area contributed by atoms with Crippen LogP contribution in [-0.4, -0.2) is 19.2 Å². The summed E-state index contributed by atoms with van der Waals surface area (Å²) in [5, 5.41) is 0.484. The lowest BCUT2D eigenvalue weighted by atomic mass is 10.1. The normalized spacial score (nSPS) is 12.3. The second kappa shape index (κ2) is 9.13. The highest BCUT2D eigenvalue weighted by Crippen LogP contribution is 2.26. The van der Waals surface area contributed by atoms with Crippen LogP contribution in [-0.2, 0) is 14.3 Å². The summed E-state index contributed by atoms with van der Waals surface area (Å²) < 4.78 is 10.8. The van der Waals surface area contributed by atoms with Crippen molar-refractivity contribution in [3.05, 3.63) is 76.8 Å². The van der Waals surface area contributed by atoms with E-state index in [0.717, 1.165) is 5.56 Å². The average Bonchev–Trinajstić information content (AvgIpc) is 2.57. The van der Waals surface area contributed by atoms with Gasteiger partial charge < -0.3 is 9.47 Å². The Morgan fingerprint density at radius 1 is 1.13 bits per heavy atom. The van der Waals surface area contributed by atoms with Crippen molar-refractivity contribution in [3.8, 4) is 0 Å². The first-order valence-electron chi connectivity index (χ1n) is 7.46. The number of hydrogen-bond donors (Lipinski definition) is 0. The molecule has 2 rings (SSSR count). The summed E-state index contributed by atoms with van der Waals surface area (Å²) in [6, 6.07) is 17.0. The lowest BCUT2D eigenvalue weighted by Gasteiger charge is -2.17. The van der Waals surface area contributed by atoms with E-state index in [1.807, 2.05) is 54.6 Å². The number of carbonyl (C=O) groups is 1. The summed E-state index contributed by atoms with van der Waals surface area (Å²) >= 11 is 6.17. The van der Waals surface area contributed by atoms with Crippen LogP contribution in [0.5, 0.6) is 0 Å². The third-order valence-corrected chi connectivity index (χ3v) is 3.50. The van der Waals surface area contributed by atoms with Gasteiger partial charge >= 0.3 is 5.97 Å². The van der Waals surface area contributed by atoms with Gasteiger partial charge in [-0.05, 0) is 18.6 Å². The predicted molar refractivity (Wildman–Crippen MR) is 92.3 cm³/mol. The highest BCUT2D eigenvalue weighted by Gasteiger charge is 2.24. The maximum absolute atomic E-state index is 12.1. The zero-order valence-corrected chi connectivity index (χ0v) is 13.7. The Kier molecular flexibility index (Phi) is 6.85. The highest BCUT2D eigenvalue weighted by atomic mass is 35.5. The number of carbonyl (C=O) groups excluding carboxylic acids is 1. The Balaban J connectivity index is 2.05. The van der Waals surface area contributed by atoms with Gasteiger partial charge in [0, 0.05) is 10.6 Å². The zero-order valence-electron chi connectivity index (χ0n) is 12.9. The minimum atomic E-state index is -0.830. The van der Waals surface area contributed by atoms with Crippen LogP contribution in [0.1, 0.15) is 24.2 Å². The molecule has 0 spiro atoms. The summed E-state index contributed by atoms with van der Waals surface area (Å²) in [5.41, 5.74) is 1.68. The van der Waals surface area contributed by atoms with Crippen molar-refractivity contribution in [2.45, 2.75) is 13.0 Å². The molecule has 23 heavy (non-hydrogen) atoms. The van der Waals surface area contributed by atoms with Crippen LogP contribution in [0.4, 0.5) is 0 Å². The van der Waals surface area contributed by atoms with Crippen LogP contribution in [0.25, 0.3) is 6.08 Å². The third kappa shape index (κ3) is 5.23. The van der Waals surface area contributed by atoms with Gasteiger partial charge in [-0.2, -0.15) is 0 Å². The van der Waals surface area contributed by atoms with Gasteiger partial charge in [-0.1, -0.05) is 72.3 Å². The third-order valence-electron chi connectivity index (χ3n) is 3.16. The quantitative estimate of drug-likeness (QED) is 0.692. The molecule has 0 aliphatic heterocycles. The summed E-state index contributed by atoms with van der Waals surface area (Å²) in [6.07, 6.45) is 2.97. The van der Waals surface area contributed by atoms with E-state index in [1.165, 1.54) is 0 Å². The maximum Gasteiger partial charge on any atom is 0.339 e. The van der Waals surface area contributed by atoms with Crippen LogP contribution in [0.3, 0.4) is 0 Å². The van der Waals surface area contributed by atoms with Crippen molar-refractivity contribution in [1.29, 1.82) is 0 Å². The molecule has 0 radical (unpaired) electrons. The number of hydrogen-bond acceptors (Lipinski definition) is 3. The van der Waals surface area contributed by atoms with Crippen LogP contribution in [0, 0.1) is 0 Å². The van der Waals surface area contributed by atoms with Crippen LogP contribution < -0.4 is 0 Å². The lowest BCUT2D eigenvalue weighted by molar-refractivity contribution is -0.156. The van der Waals surface area contributed by atoms with E-state index < -0.39 is 12.1 Å². The van der Waals surface area contributed by atoms with Gasteiger partial charge in [0.15, 0.2) is 6.10 Å². The molecule has 0 aromatic heterocycles. The molecule has 0 heterocycles. The van der Waals surface area contributed by atoms with Gasteiger partial charge in [0.1, 0.15) is 0 Å². The van der Waals surface area contributed by atoms with Crippen molar-refractivity contribution in [2.75, 3.05) is 13.2 Å². The topological polar surface area (TPSA) is 35.5 Å². The Hall–Kier alpha value is -2.10. The molecule has 0 amide bonds. The molecule has 120 valence electrons. The molecular formula is C19H19ClO3. The summed E-state index contributed by atoms with van der Waals surface area (Å²) in [7, 11) is 0.